The quantitative estimate of drug-likeness (QED) is 0.531. The van der Waals surface area contributed by atoms with Crippen LogP contribution in [0.3, 0.4) is 0 Å². The standard InChI is InChI=1S/C22H16F2N2O3/c1-29-13-9-10-19-15(11-13)22(28)14-5-2-3-8-18(14)26(19)12-20(27)25-21-16(23)6-4-7-17(21)24/h2-11H,12H2,1H3,(H,25,27). The second-order valence-electron chi connectivity index (χ2n) is 6.46. The van der Waals surface area contributed by atoms with Gasteiger partial charge in [0.2, 0.25) is 5.91 Å². The van der Waals surface area contributed by atoms with E-state index in [1.165, 1.54) is 13.2 Å². The molecule has 0 saturated heterocycles. The Balaban J connectivity index is 1.84. The van der Waals surface area contributed by atoms with Gasteiger partial charge < -0.3 is 14.6 Å². The van der Waals surface area contributed by atoms with Gasteiger partial charge in [-0.25, -0.2) is 8.78 Å². The number of aromatic nitrogens is 1. The molecule has 0 saturated carbocycles. The van der Waals surface area contributed by atoms with Gasteiger partial charge in [-0.2, -0.15) is 0 Å². The minimum atomic E-state index is -0.863. The highest BCUT2D eigenvalue weighted by molar-refractivity contribution is 5.97. The number of carbonyl (C=O) groups is 1. The van der Waals surface area contributed by atoms with E-state index in [9.17, 15) is 18.4 Å². The number of hydrogen-bond donors (Lipinski definition) is 1. The normalized spacial score (nSPS) is 11.0. The van der Waals surface area contributed by atoms with Crippen LogP contribution in [0.2, 0.25) is 0 Å². The fourth-order valence-electron chi connectivity index (χ4n) is 3.35. The number of hydrogen-bond acceptors (Lipinski definition) is 3. The first-order chi connectivity index (χ1) is 14.0. The number of pyridine rings is 1. The number of rotatable bonds is 4. The minimum absolute atomic E-state index is 0.189. The molecule has 146 valence electrons. The summed E-state index contributed by atoms with van der Waals surface area (Å²) in [5.41, 5.74) is 0.359. The summed E-state index contributed by atoms with van der Waals surface area (Å²) in [5.74, 6) is -1.84. The number of para-hydroxylation sites is 2. The summed E-state index contributed by atoms with van der Waals surface area (Å²) in [6.07, 6.45) is 0. The van der Waals surface area contributed by atoms with Crippen LogP contribution in [-0.2, 0) is 11.3 Å². The second-order valence-corrected chi connectivity index (χ2v) is 6.46. The lowest BCUT2D eigenvalue weighted by Crippen LogP contribution is -2.22. The molecule has 7 heteroatoms. The van der Waals surface area contributed by atoms with Crippen molar-refractivity contribution in [2.45, 2.75) is 6.54 Å². The Morgan fingerprint density at radius 1 is 0.966 bits per heavy atom. The zero-order valence-corrected chi connectivity index (χ0v) is 15.4. The number of fused-ring (bicyclic) bond motifs is 2. The summed E-state index contributed by atoms with van der Waals surface area (Å²) in [4.78, 5) is 25.5. The van der Waals surface area contributed by atoms with Gasteiger partial charge in [-0.3, -0.25) is 9.59 Å². The molecule has 4 rings (SSSR count). The Kier molecular flexibility index (Phi) is 4.72. The van der Waals surface area contributed by atoms with Crippen LogP contribution in [0, 0.1) is 11.6 Å². The predicted octanol–water partition coefficient (Wildman–Crippen LogP) is 4.08. The molecule has 0 unspecified atom stereocenters. The van der Waals surface area contributed by atoms with E-state index in [0.29, 0.717) is 27.6 Å². The Morgan fingerprint density at radius 3 is 2.38 bits per heavy atom. The fourth-order valence-corrected chi connectivity index (χ4v) is 3.35. The molecule has 0 bridgehead atoms. The number of carbonyl (C=O) groups excluding carboxylic acids is 1. The Hall–Kier alpha value is -3.74. The molecule has 3 aromatic carbocycles. The summed E-state index contributed by atoms with van der Waals surface area (Å²) in [6.45, 7) is -0.239. The van der Waals surface area contributed by atoms with E-state index in [-0.39, 0.29) is 12.0 Å². The van der Waals surface area contributed by atoms with Gasteiger partial charge in [-0.1, -0.05) is 18.2 Å². The third-order valence-corrected chi connectivity index (χ3v) is 4.71. The van der Waals surface area contributed by atoms with E-state index in [4.69, 9.17) is 4.74 Å². The number of ether oxygens (including phenoxy) is 1. The smallest absolute Gasteiger partial charge is 0.244 e. The van der Waals surface area contributed by atoms with Gasteiger partial charge in [0.1, 0.15) is 29.6 Å². The van der Waals surface area contributed by atoms with Gasteiger partial charge in [0.15, 0.2) is 5.43 Å². The molecule has 29 heavy (non-hydrogen) atoms. The highest BCUT2D eigenvalue weighted by atomic mass is 19.1. The monoisotopic (exact) mass is 394 g/mol. The lowest BCUT2D eigenvalue weighted by atomic mass is 10.1. The van der Waals surface area contributed by atoms with Crippen LogP contribution in [0.25, 0.3) is 21.8 Å². The summed E-state index contributed by atoms with van der Waals surface area (Å²) < 4.78 is 34.6. The average molecular weight is 394 g/mol. The van der Waals surface area contributed by atoms with Crippen LogP contribution < -0.4 is 15.5 Å². The molecule has 0 fully saturated rings. The summed E-state index contributed by atoms with van der Waals surface area (Å²) in [6, 6.07) is 15.2. The molecule has 0 aliphatic rings. The first-order valence-electron chi connectivity index (χ1n) is 8.82. The number of benzene rings is 3. The lowest BCUT2D eigenvalue weighted by Gasteiger charge is -2.16. The molecule has 0 aliphatic carbocycles. The summed E-state index contributed by atoms with van der Waals surface area (Å²) >= 11 is 0. The van der Waals surface area contributed by atoms with Crippen LogP contribution in [0.4, 0.5) is 14.5 Å². The largest absolute Gasteiger partial charge is 0.497 e. The first-order valence-corrected chi connectivity index (χ1v) is 8.82. The van der Waals surface area contributed by atoms with E-state index in [0.717, 1.165) is 12.1 Å². The van der Waals surface area contributed by atoms with Crippen molar-refractivity contribution >= 4 is 33.4 Å². The maximum Gasteiger partial charge on any atom is 0.244 e. The van der Waals surface area contributed by atoms with Crippen LogP contribution in [0.15, 0.2) is 65.5 Å². The fraction of sp³-hybridized carbons (Fsp3) is 0.0909. The third kappa shape index (κ3) is 3.31. The highest BCUT2D eigenvalue weighted by Crippen LogP contribution is 2.24. The van der Waals surface area contributed by atoms with Crippen LogP contribution in [-0.4, -0.2) is 17.6 Å². The van der Waals surface area contributed by atoms with E-state index in [1.54, 1.807) is 47.0 Å². The first kappa shape index (κ1) is 18.6. The van der Waals surface area contributed by atoms with E-state index in [1.807, 2.05) is 0 Å². The Bertz CT molecular complexity index is 1290. The van der Waals surface area contributed by atoms with Crippen molar-refractivity contribution in [3.8, 4) is 5.75 Å². The Morgan fingerprint density at radius 2 is 1.66 bits per heavy atom. The minimum Gasteiger partial charge on any atom is -0.497 e. The molecule has 0 atom stereocenters. The maximum absolute atomic E-state index is 13.9. The van der Waals surface area contributed by atoms with Crippen molar-refractivity contribution in [2.75, 3.05) is 12.4 Å². The van der Waals surface area contributed by atoms with E-state index >= 15 is 0 Å². The molecule has 1 heterocycles. The van der Waals surface area contributed by atoms with Gasteiger partial charge in [-0.15, -0.1) is 0 Å². The third-order valence-electron chi connectivity index (χ3n) is 4.71. The molecule has 1 amide bonds. The molecular weight excluding hydrogens is 378 g/mol. The number of nitrogens with one attached hydrogen (secondary N) is 1. The van der Waals surface area contributed by atoms with Gasteiger partial charge in [0.25, 0.3) is 0 Å². The van der Waals surface area contributed by atoms with Crippen molar-refractivity contribution in [1.82, 2.24) is 4.57 Å². The second kappa shape index (κ2) is 7.35. The van der Waals surface area contributed by atoms with Crippen molar-refractivity contribution in [3.63, 3.8) is 0 Å². The Labute approximate surface area is 164 Å². The van der Waals surface area contributed by atoms with Crippen molar-refractivity contribution < 1.29 is 18.3 Å². The van der Waals surface area contributed by atoms with E-state index in [2.05, 4.69) is 5.32 Å². The highest BCUT2D eigenvalue weighted by Gasteiger charge is 2.16. The van der Waals surface area contributed by atoms with Gasteiger partial charge in [0, 0.05) is 10.8 Å². The van der Waals surface area contributed by atoms with Crippen molar-refractivity contribution in [3.05, 3.63) is 82.5 Å². The molecule has 0 spiro atoms. The van der Waals surface area contributed by atoms with Crippen LogP contribution >= 0.6 is 0 Å². The molecular formula is C22H16F2N2O3. The maximum atomic E-state index is 13.9. The molecule has 4 aromatic rings. The zero-order valence-electron chi connectivity index (χ0n) is 15.4. The van der Waals surface area contributed by atoms with Crippen molar-refractivity contribution in [1.29, 1.82) is 0 Å². The number of methoxy groups -OCH3 is 1. The topological polar surface area (TPSA) is 60.3 Å². The van der Waals surface area contributed by atoms with Crippen molar-refractivity contribution in [2.24, 2.45) is 0 Å². The van der Waals surface area contributed by atoms with Gasteiger partial charge in [0.05, 0.1) is 18.1 Å². The molecule has 0 radical (unpaired) electrons. The predicted molar refractivity (Wildman–Crippen MR) is 107 cm³/mol. The molecule has 0 aliphatic heterocycles. The number of halogens is 2. The molecule has 1 N–H and O–H groups in total. The molecule has 1 aromatic heterocycles. The zero-order chi connectivity index (χ0) is 20.5. The van der Waals surface area contributed by atoms with Crippen LogP contribution in [0.5, 0.6) is 5.75 Å². The number of amides is 1. The van der Waals surface area contributed by atoms with Gasteiger partial charge >= 0.3 is 0 Å². The van der Waals surface area contributed by atoms with Gasteiger partial charge in [-0.05, 0) is 42.5 Å². The number of anilines is 1. The molecule has 5 nitrogen and oxygen atoms in total. The number of nitrogens with zero attached hydrogens (tertiary/aromatic N) is 1. The SMILES string of the molecule is COc1ccc2c(c1)c(=O)c1ccccc1n2CC(=O)Nc1c(F)cccc1F. The lowest BCUT2D eigenvalue weighted by molar-refractivity contribution is -0.116. The van der Waals surface area contributed by atoms with Crippen LogP contribution in [0.1, 0.15) is 0 Å². The summed E-state index contributed by atoms with van der Waals surface area (Å²) in [7, 11) is 1.50. The van der Waals surface area contributed by atoms with E-state index < -0.39 is 23.2 Å². The summed E-state index contributed by atoms with van der Waals surface area (Å²) in [5, 5.41) is 3.09. The average Bonchev–Trinajstić information content (AvgIpc) is 2.73.